The lowest BCUT2D eigenvalue weighted by molar-refractivity contribution is 0.302. The van der Waals surface area contributed by atoms with E-state index < -0.39 is 0 Å². The Bertz CT molecular complexity index is 1180. The van der Waals surface area contributed by atoms with E-state index in [0.717, 1.165) is 35.1 Å². The zero-order chi connectivity index (χ0) is 22.3. The molecule has 0 heterocycles. The minimum Gasteiger partial charge on any atom is -0.488 e. The summed E-state index contributed by atoms with van der Waals surface area (Å²) in [4.78, 5) is 0. The maximum atomic E-state index is 13.4. The summed E-state index contributed by atoms with van der Waals surface area (Å²) in [6, 6.07) is 27.7. The number of ether oxygens (including phenoxy) is 1. The van der Waals surface area contributed by atoms with Crippen LogP contribution in [0.3, 0.4) is 0 Å². The standard InChI is InChI=1S/C28H27ClFNO/c1-20(11-12-21-7-3-2-4-8-21)31-18-26-25-10-6-5-9-22(25)14-16-28(26)32-19-23-13-15-24(30)17-27(23)29/h2-10,13-17,20,31H,11-12,18-19H2,1H3/t20-/m1/s1. The molecule has 0 spiro atoms. The highest BCUT2D eigenvalue weighted by Crippen LogP contribution is 2.30. The summed E-state index contributed by atoms with van der Waals surface area (Å²) < 4.78 is 19.5. The highest BCUT2D eigenvalue weighted by molar-refractivity contribution is 6.31. The van der Waals surface area contributed by atoms with Gasteiger partial charge in [-0.2, -0.15) is 0 Å². The molecule has 0 saturated carbocycles. The van der Waals surface area contributed by atoms with Gasteiger partial charge < -0.3 is 10.1 Å². The van der Waals surface area contributed by atoms with Crippen LogP contribution < -0.4 is 10.1 Å². The summed E-state index contributed by atoms with van der Waals surface area (Å²) in [6.07, 6.45) is 2.09. The van der Waals surface area contributed by atoms with Gasteiger partial charge in [0.15, 0.2) is 0 Å². The highest BCUT2D eigenvalue weighted by Gasteiger charge is 2.12. The molecule has 0 radical (unpaired) electrons. The molecule has 4 heteroatoms. The second-order valence-electron chi connectivity index (χ2n) is 8.09. The van der Waals surface area contributed by atoms with Gasteiger partial charge >= 0.3 is 0 Å². The fourth-order valence-corrected chi connectivity index (χ4v) is 4.06. The molecule has 0 amide bonds. The molecule has 32 heavy (non-hydrogen) atoms. The quantitative estimate of drug-likeness (QED) is 0.290. The Hall–Kier alpha value is -2.88. The topological polar surface area (TPSA) is 21.3 Å². The van der Waals surface area contributed by atoms with Crippen LogP contribution in [0.15, 0.2) is 84.9 Å². The van der Waals surface area contributed by atoms with Gasteiger partial charge in [-0.25, -0.2) is 4.39 Å². The first kappa shape index (κ1) is 22.3. The molecule has 0 fully saturated rings. The van der Waals surface area contributed by atoms with Crippen LogP contribution in [0.4, 0.5) is 4.39 Å². The molecule has 2 nitrogen and oxygen atoms in total. The predicted octanol–water partition coefficient (Wildman–Crippen LogP) is 7.32. The lowest BCUT2D eigenvalue weighted by Crippen LogP contribution is -2.26. The minimum absolute atomic E-state index is 0.286. The fraction of sp³-hybridized carbons (Fsp3) is 0.214. The van der Waals surface area contributed by atoms with E-state index in [1.165, 1.54) is 23.1 Å². The van der Waals surface area contributed by atoms with Gasteiger partial charge in [0.25, 0.3) is 0 Å². The van der Waals surface area contributed by atoms with Gasteiger partial charge in [0.1, 0.15) is 18.2 Å². The largest absolute Gasteiger partial charge is 0.488 e. The number of fused-ring (bicyclic) bond motifs is 1. The van der Waals surface area contributed by atoms with E-state index in [9.17, 15) is 4.39 Å². The monoisotopic (exact) mass is 447 g/mol. The molecule has 1 N–H and O–H groups in total. The highest BCUT2D eigenvalue weighted by atomic mass is 35.5. The van der Waals surface area contributed by atoms with Crippen LogP contribution in [0, 0.1) is 5.82 Å². The summed E-state index contributed by atoms with van der Waals surface area (Å²) in [5, 5.41) is 6.38. The molecular weight excluding hydrogens is 421 g/mol. The number of aryl methyl sites for hydroxylation is 1. The molecule has 0 unspecified atom stereocenters. The van der Waals surface area contributed by atoms with E-state index in [-0.39, 0.29) is 12.4 Å². The van der Waals surface area contributed by atoms with Gasteiger partial charge in [-0.1, -0.05) is 78.3 Å². The van der Waals surface area contributed by atoms with Crippen molar-refractivity contribution in [2.45, 2.75) is 39.0 Å². The molecular formula is C28H27ClFNO. The summed E-state index contributed by atoms with van der Waals surface area (Å²) in [5.74, 6) is 0.464. The molecule has 4 aromatic carbocycles. The number of rotatable bonds is 9. The van der Waals surface area contributed by atoms with Crippen molar-refractivity contribution in [3.63, 3.8) is 0 Å². The van der Waals surface area contributed by atoms with Crippen LogP contribution in [-0.2, 0) is 19.6 Å². The summed E-state index contributed by atoms with van der Waals surface area (Å²) in [7, 11) is 0. The van der Waals surface area contributed by atoms with E-state index in [1.54, 1.807) is 6.07 Å². The molecule has 0 saturated heterocycles. The van der Waals surface area contributed by atoms with Crippen LogP contribution in [-0.4, -0.2) is 6.04 Å². The van der Waals surface area contributed by atoms with Gasteiger partial charge in [0.05, 0.1) is 5.02 Å². The van der Waals surface area contributed by atoms with Gasteiger partial charge in [-0.05, 0) is 54.3 Å². The van der Waals surface area contributed by atoms with E-state index in [4.69, 9.17) is 16.3 Å². The van der Waals surface area contributed by atoms with Crippen LogP contribution in [0.1, 0.15) is 30.0 Å². The zero-order valence-corrected chi connectivity index (χ0v) is 18.9. The number of benzene rings is 4. The van der Waals surface area contributed by atoms with E-state index >= 15 is 0 Å². The average molecular weight is 448 g/mol. The van der Waals surface area contributed by atoms with Crippen molar-refractivity contribution in [3.8, 4) is 5.75 Å². The van der Waals surface area contributed by atoms with Gasteiger partial charge in [-0.15, -0.1) is 0 Å². The molecule has 0 aliphatic rings. The Morgan fingerprint density at radius 2 is 1.72 bits per heavy atom. The van der Waals surface area contributed by atoms with Gasteiger partial charge in [-0.3, -0.25) is 0 Å². The second kappa shape index (κ2) is 10.6. The molecule has 0 bridgehead atoms. The van der Waals surface area contributed by atoms with E-state index in [1.807, 2.05) is 24.3 Å². The first-order valence-corrected chi connectivity index (χ1v) is 11.3. The Balaban J connectivity index is 1.48. The molecule has 4 aromatic rings. The third-order valence-corrected chi connectivity index (χ3v) is 6.08. The molecule has 1 atom stereocenters. The van der Waals surface area contributed by atoms with Crippen molar-refractivity contribution in [2.24, 2.45) is 0 Å². The van der Waals surface area contributed by atoms with Crippen molar-refractivity contribution >= 4 is 22.4 Å². The third kappa shape index (κ3) is 5.67. The van der Waals surface area contributed by atoms with Crippen molar-refractivity contribution in [2.75, 3.05) is 0 Å². The Morgan fingerprint density at radius 1 is 0.938 bits per heavy atom. The fourth-order valence-electron chi connectivity index (χ4n) is 3.83. The number of hydrogen-bond donors (Lipinski definition) is 1. The maximum absolute atomic E-state index is 13.4. The first-order valence-electron chi connectivity index (χ1n) is 10.9. The lowest BCUT2D eigenvalue weighted by Gasteiger charge is -2.18. The molecule has 0 aliphatic carbocycles. The maximum Gasteiger partial charge on any atom is 0.124 e. The van der Waals surface area contributed by atoms with Crippen molar-refractivity contribution in [3.05, 3.63) is 112 Å². The molecule has 4 rings (SSSR count). The van der Waals surface area contributed by atoms with Crippen LogP contribution in [0.2, 0.25) is 5.02 Å². The zero-order valence-electron chi connectivity index (χ0n) is 18.2. The number of nitrogens with one attached hydrogen (secondary N) is 1. The van der Waals surface area contributed by atoms with E-state index in [2.05, 4.69) is 54.7 Å². The number of hydrogen-bond acceptors (Lipinski definition) is 2. The second-order valence-corrected chi connectivity index (χ2v) is 8.50. The van der Waals surface area contributed by atoms with Crippen molar-refractivity contribution < 1.29 is 9.13 Å². The normalized spacial score (nSPS) is 12.1. The van der Waals surface area contributed by atoms with Crippen LogP contribution in [0.5, 0.6) is 5.75 Å². The van der Waals surface area contributed by atoms with Crippen LogP contribution >= 0.6 is 11.6 Å². The van der Waals surface area contributed by atoms with E-state index in [0.29, 0.717) is 17.6 Å². The third-order valence-electron chi connectivity index (χ3n) is 5.73. The smallest absolute Gasteiger partial charge is 0.124 e. The van der Waals surface area contributed by atoms with Crippen LogP contribution in [0.25, 0.3) is 10.8 Å². The number of halogens is 2. The van der Waals surface area contributed by atoms with Gasteiger partial charge in [0, 0.05) is 23.7 Å². The van der Waals surface area contributed by atoms with Crippen molar-refractivity contribution in [1.82, 2.24) is 5.32 Å². The average Bonchev–Trinajstić information content (AvgIpc) is 2.81. The van der Waals surface area contributed by atoms with Gasteiger partial charge in [0.2, 0.25) is 0 Å². The minimum atomic E-state index is -0.348. The molecule has 0 aliphatic heterocycles. The Kier molecular flexibility index (Phi) is 7.41. The Morgan fingerprint density at radius 3 is 2.53 bits per heavy atom. The SMILES string of the molecule is C[C@H](CCc1ccccc1)NCc1c(OCc2ccc(F)cc2Cl)ccc2ccccc12. The summed E-state index contributed by atoms with van der Waals surface area (Å²) in [5.41, 5.74) is 3.23. The summed E-state index contributed by atoms with van der Waals surface area (Å²) in [6.45, 7) is 3.20. The summed E-state index contributed by atoms with van der Waals surface area (Å²) >= 11 is 6.19. The predicted molar refractivity (Wildman–Crippen MR) is 131 cm³/mol. The van der Waals surface area contributed by atoms with Crippen molar-refractivity contribution in [1.29, 1.82) is 0 Å². The molecule has 164 valence electrons. The Labute approximate surface area is 194 Å². The first-order chi connectivity index (χ1) is 15.6. The lowest BCUT2D eigenvalue weighted by atomic mass is 10.0. The molecule has 0 aromatic heterocycles.